The molecule has 6 nitrogen and oxygen atoms in total. The summed E-state index contributed by atoms with van der Waals surface area (Å²) in [5.74, 6) is 0.564. The van der Waals surface area contributed by atoms with Gasteiger partial charge in [0.25, 0.3) is 0 Å². The molecule has 0 radical (unpaired) electrons. The fraction of sp³-hybridized carbons (Fsp3) is 0.615. The fourth-order valence-electron chi connectivity index (χ4n) is 1.86. The number of anilines is 1. The van der Waals surface area contributed by atoms with Gasteiger partial charge in [0, 0.05) is 18.4 Å². The topological polar surface area (TPSA) is 76.1 Å². The molecule has 1 aromatic heterocycles. The lowest BCUT2D eigenvalue weighted by molar-refractivity contribution is 0.0472. The van der Waals surface area contributed by atoms with Gasteiger partial charge in [0.15, 0.2) is 0 Å². The van der Waals surface area contributed by atoms with Gasteiger partial charge < -0.3 is 15.4 Å². The van der Waals surface area contributed by atoms with Gasteiger partial charge in [0.2, 0.25) is 5.95 Å². The van der Waals surface area contributed by atoms with Crippen molar-refractivity contribution in [3.8, 4) is 0 Å². The molecule has 110 valence electrons. The molecule has 1 heterocycles. The van der Waals surface area contributed by atoms with Crippen LogP contribution in [-0.4, -0.2) is 33.7 Å². The minimum absolute atomic E-state index is 0.0529. The van der Waals surface area contributed by atoms with Crippen molar-refractivity contribution in [1.29, 1.82) is 0 Å². The second kappa shape index (κ2) is 5.95. The average Bonchev–Trinajstić information content (AvgIpc) is 2.32. The summed E-state index contributed by atoms with van der Waals surface area (Å²) in [6, 6.07) is 0.195. The average molecular weight is 343 g/mol. The van der Waals surface area contributed by atoms with Crippen LogP contribution < -0.4 is 10.6 Å². The van der Waals surface area contributed by atoms with Crippen molar-refractivity contribution >= 4 is 28.0 Å². The molecule has 2 rings (SSSR count). The SMILES string of the molecule is CC(C)(C)OC(=O)NC1CCC1Nc1ncc(Br)cn1. The van der Waals surface area contributed by atoms with E-state index in [-0.39, 0.29) is 18.2 Å². The van der Waals surface area contributed by atoms with E-state index in [1.54, 1.807) is 12.4 Å². The molecule has 7 heteroatoms. The van der Waals surface area contributed by atoms with E-state index < -0.39 is 5.60 Å². The molecule has 1 aliphatic rings. The lowest BCUT2D eigenvalue weighted by atomic mass is 9.86. The summed E-state index contributed by atoms with van der Waals surface area (Å²) in [6.07, 6.45) is 4.88. The number of aromatic nitrogens is 2. The van der Waals surface area contributed by atoms with Gasteiger partial charge in [-0.25, -0.2) is 14.8 Å². The molecule has 0 saturated heterocycles. The number of nitrogens with one attached hydrogen (secondary N) is 2. The normalized spacial score (nSPS) is 21.8. The number of carbonyl (C=O) groups is 1. The third-order valence-electron chi connectivity index (χ3n) is 2.91. The third kappa shape index (κ3) is 4.33. The lowest BCUT2D eigenvalue weighted by Gasteiger charge is -2.37. The summed E-state index contributed by atoms with van der Waals surface area (Å²) in [5.41, 5.74) is -0.481. The quantitative estimate of drug-likeness (QED) is 0.883. The van der Waals surface area contributed by atoms with Gasteiger partial charge in [-0.1, -0.05) is 0 Å². The van der Waals surface area contributed by atoms with E-state index in [9.17, 15) is 4.79 Å². The first-order chi connectivity index (χ1) is 9.33. The first-order valence-corrected chi connectivity index (χ1v) is 7.36. The minimum Gasteiger partial charge on any atom is -0.444 e. The van der Waals surface area contributed by atoms with Gasteiger partial charge >= 0.3 is 6.09 Å². The van der Waals surface area contributed by atoms with E-state index in [4.69, 9.17) is 4.74 Å². The van der Waals surface area contributed by atoms with Crippen molar-refractivity contribution < 1.29 is 9.53 Å². The highest BCUT2D eigenvalue weighted by atomic mass is 79.9. The zero-order valence-corrected chi connectivity index (χ0v) is 13.4. The van der Waals surface area contributed by atoms with Gasteiger partial charge in [-0.05, 0) is 49.5 Å². The molecule has 0 bridgehead atoms. The maximum Gasteiger partial charge on any atom is 0.407 e. The second-order valence-corrected chi connectivity index (χ2v) is 6.72. The Morgan fingerprint density at radius 3 is 2.40 bits per heavy atom. The Kier molecular flexibility index (Phi) is 4.47. The van der Waals surface area contributed by atoms with Crippen LogP contribution in [0.25, 0.3) is 0 Å². The molecule has 20 heavy (non-hydrogen) atoms. The molecule has 2 N–H and O–H groups in total. The maximum atomic E-state index is 11.7. The monoisotopic (exact) mass is 342 g/mol. The molecular formula is C13H19BrN4O2. The highest BCUT2D eigenvalue weighted by Crippen LogP contribution is 2.23. The van der Waals surface area contributed by atoms with Crippen LogP contribution in [-0.2, 0) is 4.74 Å². The van der Waals surface area contributed by atoms with Crippen LogP contribution in [0.15, 0.2) is 16.9 Å². The summed E-state index contributed by atoms with van der Waals surface area (Å²) in [6.45, 7) is 5.54. The first-order valence-electron chi connectivity index (χ1n) is 6.57. The van der Waals surface area contributed by atoms with Crippen molar-refractivity contribution in [3.63, 3.8) is 0 Å². The van der Waals surface area contributed by atoms with Gasteiger partial charge in [0.05, 0.1) is 10.5 Å². The smallest absolute Gasteiger partial charge is 0.407 e. The van der Waals surface area contributed by atoms with Crippen molar-refractivity contribution in [2.24, 2.45) is 0 Å². The molecule has 1 aromatic rings. The van der Waals surface area contributed by atoms with Crippen LogP contribution in [0.2, 0.25) is 0 Å². The molecule has 2 atom stereocenters. The van der Waals surface area contributed by atoms with Crippen LogP contribution in [0.4, 0.5) is 10.7 Å². The first kappa shape index (κ1) is 15.0. The Hall–Kier alpha value is -1.37. The van der Waals surface area contributed by atoms with Crippen molar-refractivity contribution in [1.82, 2.24) is 15.3 Å². The van der Waals surface area contributed by atoms with Crippen molar-refractivity contribution in [2.45, 2.75) is 51.3 Å². The predicted molar refractivity (Wildman–Crippen MR) is 79.5 cm³/mol. The molecule has 1 fully saturated rings. The molecular weight excluding hydrogens is 324 g/mol. The molecule has 0 aliphatic heterocycles. The number of carbonyl (C=O) groups excluding carboxylic acids is 1. The number of hydrogen-bond acceptors (Lipinski definition) is 5. The lowest BCUT2D eigenvalue weighted by Crippen LogP contribution is -2.54. The van der Waals surface area contributed by atoms with Crippen LogP contribution in [0, 0.1) is 0 Å². The largest absolute Gasteiger partial charge is 0.444 e. The molecule has 1 amide bonds. The maximum absolute atomic E-state index is 11.7. The van der Waals surface area contributed by atoms with Crippen molar-refractivity contribution in [3.05, 3.63) is 16.9 Å². The summed E-state index contributed by atoms with van der Waals surface area (Å²) in [4.78, 5) is 20.0. The standard InChI is InChI=1S/C13H19BrN4O2/c1-13(2,3)20-12(19)18-10-5-4-9(10)17-11-15-6-8(14)7-16-11/h6-7,9-10H,4-5H2,1-3H3,(H,18,19)(H,15,16,17). The van der Waals surface area contributed by atoms with Crippen molar-refractivity contribution in [2.75, 3.05) is 5.32 Å². The summed E-state index contributed by atoms with van der Waals surface area (Å²) >= 11 is 3.29. The van der Waals surface area contributed by atoms with Gasteiger partial charge in [-0.3, -0.25) is 0 Å². The van der Waals surface area contributed by atoms with Gasteiger partial charge in [-0.2, -0.15) is 0 Å². The number of nitrogens with zero attached hydrogens (tertiary/aromatic N) is 2. The van der Waals surface area contributed by atoms with E-state index >= 15 is 0 Å². The Morgan fingerprint density at radius 2 is 1.90 bits per heavy atom. The van der Waals surface area contributed by atoms with Crippen LogP contribution in [0.1, 0.15) is 33.6 Å². The number of alkyl carbamates (subject to hydrolysis) is 1. The Labute approximate surface area is 126 Å². The van der Waals surface area contributed by atoms with Crippen LogP contribution in [0.5, 0.6) is 0 Å². The van der Waals surface area contributed by atoms with Crippen LogP contribution in [0.3, 0.4) is 0 Å². The number of halogens is 1. The van der Waals surface area contributed by atoms with E-state index in [1.165, 1.54) is 0 Å². The summed E-state index contributed by atoms with van der Waals surface area (Å²) < 4.78 is 6.08. The van der Waals surface area contributed by atoms with E-state index in [0.717, 1.165) is 17.3 Å². The second-order valence-electron chi connectivity index (χ2n) is 5.81. The third-order valence-corrected chi connectivity index (χ3v) is 3.32. The Morgan fingerprint density at radius 1 is 1.30 bits per heavy atom. The van der Waals surface area contributed by atoms with E-state index in [2.05, 4.69) is 36.5 Å². The van der Waals surface area contributed by atoms with Crippen LogP contribution >= 0.6 is 15.9 Å². The minimum atomic E-state index is -0.481. The van der Waals surface area contributed by atoms with Gasteiger partial charge in [0.1, 0.15) is 5.60 Å². The molecule has 0 aromatic carbocycles. The Bertz CT molecular complexity index is 472. The Balaban J connectivity index is 1.83. The van der Waals surface area contributed by atoms with E-state index in [1.807, 2.05) is 20.8 Å². The highest BCUT2D eigenvalue weighted by Gasteiger charge is 2.33. The fourth-order valence-corrected chi connectivity index (χ4v) is 2.06. The molecule has 2 unspecified atom stereocenters. The zero-order chi connectivity index (χ0) is 14.8. The number of rotatable bonds is 3. The summed E-state index contributed by atoms with van der Waals surface area (Å²) in [5, 5.41) is 6.08. The summed E-state index contributed by atoms with van der Waals surface area (Å²) in [7, 11) is 0. The number of amides is 1. The molecule has 1 aliphatic carbocycles. The molecule has 0 spiro atoms. The van der Waals surface area contributed by atoms with E-state index in [0.29, 0.717) is 5.95 Å². The number of hydrogen-bond donors (Lipinski definition) is 2. The van der Waals surface area contributed by atoms with Gasteiger partial charge in [-0.15, -0.1) is 0 Å². The predicted octanol–water partition coefficient (Wildman–Crippen LogP) is 2.71. The number of ether oxygens (including phenoxy) is 1. The highest BCUT2D eigenvalue weighted by molar-refractivity contribution is 9.10. The molecule has 1 saturated carbocycles. The zero-order valence-electron chi connectivity index (χ0n) is 11.8.